The van der Waals surface area contributed by atoms with Crippen LogP contribution < -0.4 is 5.32 Å². The van der Waals surface area contributed by atoms with Crippen LogP contribution in [-0.2, 0) is 4.79 Å². The second-order valence-corrected chi connectivity index (χ2v) is 7.31. The van der Waals surface area contributed by atoms with Gasteiger partial charge in [-0.05, 0) is 57.2 Å². The number of carbonyl (C=O) groups is 1. The van der Waals surface area contributed by atoms with Crippen LogP contribution in [0.1, 0.15) is 45.4 Å². The Labute approximate surface area is 129 Å². The highest BCUT2D eigenvalue weighted by atomic mass is 16.2. The molecular weight excluding hydrogens is 262 g/mol. The number of nitrogens with zero attached hydrogens (tertiary/aromatic N) is 2. The largest absolute Gasteiger partial charge is 0.340 e. The first kappa shape index (κ1) is 15.3. The molecule has 0 spiro atoms. The molecule has 3 saturated heterocycles. The van der Waals surface area contributed by atoms with E-state index in [1.54, 1.807) is 0 Å². The molecule has 0 radical (unpaired) electrons. The number of amides is 1. The van der Waals surface area contributed by atoms with Gasteiger partial charge in [-0.25, -0.2) is 0 Å². The predicted molar refractivity (Wildman–Crippen MR) is 85.2 cm³/mol. The number of hydrogen-bond acceptors (Lipinski definition) is 3. The summed E-state index contributed by atoms with van der Waals surface area (Å²) in [5, 5.41) is 3.47. The third-order valence-corrected chi connectivity index (χ3v) is 5.83. The lowest BCUT2D eigenvalue weighted by Crippen LogP contribution is -2.56. The Morgan fingerprint density at radius 3 is 2.90 bits per heavy atom. The van der Waals surface area contributed by atoms with Crippen molar-refractivity contribution in [1.29, 1.82) is 0 Å². The second-order valence-electron chi connectivity index (χ2n) is 7.31. The summed E-state index contributed by atoms with van der Waals surface area (Å²) in [6, 6.07) is 0.642. The molecular formula is C17H31N3O. The monoisotopic (exact) mass is 293 g/mol. The van der Waals surface area contributed by atoms with Gasteiger partial charge in [0.05, 0.1) is 0 Å². The third kappa shape index (κ3) is 3.78. The number of hydrogen-bond donors (Lipinski definition) is 1. The van der Waals surface area contributed by atoms with E-state index in [9.17, 15) is 4.79 Å². The summed E-state index contributed by atoms with van der Waals surface area (Å²) in [6.07, 6.45) is 7.27. The molecule has 120 valence electrons. The molecule has 0 aromatic carbocycles. The highest BCUT2D eigenvalue weighted by molar-refractivity contribution is 5.76. The maximum absolute atomic E-state index is 12.6. The number of carbonyl (C=O) groups excluding carboxylic acids is 1. The smallest absolute Gasteiger partial charge is 0.222 e. The van der Waals surface area contributed by atoms with Crippen molar-refractivity contribution in [3.8, 4) is 0 Å². The van der Waals surface area contributed by atoms with Crippen molar-refractivity contribution in [2.24, 2.45) is 11.8 Å². The lowest BCUT2D eigenvalue weighted by atomic mass is 9.85. The topological polar surface area (TPSA) is 35.6 Å². The molecule has 0 bridgehead atoms. The quantitative estimate of drug-likeness (QED) is 0.860. The molecule has 4 heteroatoms. The zero-order chi connectivity index (χ0) is 14.7. The van der Waals surface area contributed by atoms with Crippen molar-refractivity contribution in [3.63, 3.8) is 0 Å². The fraction of sp³-hybridized carbons (Fsp3) is 0.941. The van der Waals surface area contributed by atoms with E-state index < -0.39 is 0 Å². The normalized spacial score (nSPS) is 32.5. The van der Waals surface area contributed by atoms with Gasteiger partial charge in [-0.3, -0.25) is 9.69 Å². The van der Waals surface area contributed by atoms with Crippen LogP contribution in [0.5, 0.6) is 0 Å². The summed E-state index contributed by atoms with van der Waals surface area (Å²) in [5.74, 6) is 1.62. The predicted octanol–water partition coefficient (Wildman–Crippen LogP) is 1.71. The molecule has 3 aliphatic heterocycles. The summed E-state index contributed by atoms with van der Waals surface area (Å²) in [4.78, 5) is 17.4. The molecule has 3 atom stereocenters. The first-order valence-corrected chi connectivity index (χ1v) is 8.96. The first-order valence-electron chi connectivity index (χ1n) is 8.96. The van der Waals surface area contributed by atoms with Crippen molar-refractivity contribution in [2.75, 3.05) is 39.3 Å². The van der Waals surface area contributed by atoms with Crippen LogP contribution in [0, 0.1) is 11.8 Å². The van der Waals surface area contributed by atoms with E-state index in [0.717, 1.165) is 39.1 Å². The molecule has 21 heavy (non-hydrogen) atoms. The van der Waals surface area contributed by atoms with Gasteiger partial charge in [-0.15, -0.1) is 0 Å². The zero-order valence-electron chi connectivity index (χ0n) is 13.5. The Morgan fingerprint density at radius 2 is 2.10 bits per heavy atom. The van der Waals surface area contributed by atoms with Crippen LogP contribution in [0.2, 0.25) is 0 Å². The van der Waals surface area contributed by atoms with Crippen LogP contribution >= 0.6 is 0 Å². The molecule has 3 fully saturated rings. The molecule has 0 saturated carbocycles. The summed E-state index contributed by atoms with van der Waals surface area (Å²) >= 11 is 0. The highest BCUT2D eigenvalue weighted by Gasteiger charge is 2.32. The van der Waals surface area contributed by atoms with Gasteiger partial charge in [-0.1, -0.05) is 13.3 Å². The molecule has 1 N–H and O–H groups in total. The highest BCUT2D eigenvalue weighted by Crippen LogP contribution is 2.25. The summed E-state index contributed by atoms with van der Waals surface area (Å²) in [7, 11) is 0. The fourth-order valence-electron chi connectivity index (χ4n) is 4.32. The lowest BCUT2D eigenvalue weighted by Gasteiger charge is -2.44. The Kier molecular flexibility index (Phi) is 5.17. The Bertz CT molecular complexity index is 354. The van der Waals surface area contributed by atoms with Crippen LogP contribution in [0.4, 0.5) is 0 Å². The van der Waals surface area contributed by atoms with Gasteiger partial charge in [0.25, 0.3) is 0 Å². The molecule has 0 aliphatic carbocycles. The Hall–Kier alpha value is -0.610. The van der Waals surface area contributed by atoms with Crippen molar-refractivity contribution < 1.29 is 4.79 Å². The summed E-state index contributed by atoms with van der Waals surface area (Å²) in [5.41, 5.74) is 0. The minimum Gasteiger partial charge on any atom is -0.340 e. The number of piperidine rings is 2. The van der Waals surface area contributed by atoms with Crippen LogP contribution in [0.3, 0.4) is 0 Å². The SMILES string of the molecule is CC(CC(=O)N1CCN2CCCCC2C1)C1CCCNC1. The molecule has 4 nitrogen and oxygen atoms in total. The summed E-state index contributed by atoms with van der Waals surface area (Å²) in [6.45, 7) is 8.80. The van der Waals surface area contributed by atoms with Gasteiger partial charge in [0, 0.05) is 32.1 Å². The molecule has 3 heterocycles. The molecule has 3 aliphatic rings. The van der Waals surface area contributed by atoms with E-state index in [1.807, 2.05) is 0 Å². The molecule has 3 unspecified atom stereocenters. The van der Waals surface area contributed by atoms with Crippen molar-refractivity contribution in [1.82, 2.24) is 15.1 Å². The van der Waals surface area contributed by atoms with E-state index in [-0.39, 0.29) is 0 Å². The average Bonchev–Trinajstić information content (AvgIpc) is 2.55. The van der Waals surface area contributed by atoms with Crippen molar-refractivity contribution in [3.05, 3.63) is 0 Å². The van der Waals surface area contributed by atoms with Crippen LogP contribution in [0.25, 0.3) is 0 Å². The van der Waals surface area contributed by atoms with Crippen molar-refractivity contribution >= 4 is 5.91 Å². The molecule has 3 rings (SSSR count). The minimum atomic E-state index is 0.401. The maximum Gasteiger partial charge on any atom is 0.222 e. The Morgan fingerprint density at radius 1 is 1.19 bits per heavy atom. The van der Waals surface area contributed by atoms with Crippen LogP contribution in [-0.4, -0.2) is 61.0 Å². The number of rotatable bonds is 3. The van der Waals surface area contributed by atoms with Crippen LogP contribution in [0.15, 0.2) is 0 Å². The van der Waals surface area contributed by atoms with Gasteiger partial charge in [0.1, 0.15) is 0 Å². The Balaban J connectivity index is 1.48. The van der Waals surface area contributed by atoms with Gasteiger partial charge in [0.15, 0.2) is 0 Å². The van der Waals surface area contributed by atoms with E-state index >= 15 is 0 Å². The van der Waals surface area contributed by atoms with Gasteiger partial charge in [-0.2, -0.15) is 0 Å². The van der Waals surface area contributed by atoms with E-state index in [2.05, 4.69) is 22.0 Å². The van der Waals surface area contributed by atoms with E-state index in [1.165, 1.54) is 38.6 Å². The zero-order valence-corrected chi connectivity index (χ0v) is 13.5. The average molecular weight is 293 g/mol. The lowest BCUT2D eigenvalue weighted by molar-refractivity contribution is -0.136. The number of nitrogens with one attached hydrogen (secondary N) is 1. The first-order chi connectivity index (χ1) is 10.2. The van der Waals surface area contributed by atoms with Gasteiger partial charge in [0.2, 0.25) is 5.91 Å². The third-order valence-electron chi connectivity index (χ3n) is 5.83. The number of fused-ring (bicyclic) bond motifs is 1. The molecule has 0 aromatic rings. The second kappa shape index (κ2) is 7.10. The minimum absolute atomic E-state index is 0.401. The van der Waals surface area contributed by atoms with E-state index in [0.29, 0.717) is 23.8 Å². The maximum atomic E-state index is 12.6. The fourth-order valence-corrected chi connectivity index (χ4v) is 4.32. The molecule has 1 amide bonds. The van der Waals surface area contributed by atoms with Gasteiger partial charge < -0.3 is 10.2 Å². The van der Waals surface area contributed by atoms with E-state index in [4.69, 9.17) is 0 Å². The summed E-state index contributed by atoms with van der Waals surface area (Å²) < 4.78 is 0. The van der Waals surface area contributed by atoms with Gasteiger partial charge >= 0.3 is 0 Å². The molecule has 0 aromatic heterocycles. The van der Waals surface area contributed by atoms with Crippen molar-refractivity contribution in [2.45, 2.75) is 51.5 Å². The number of piperazine rings is 1. The standard InChI is InChI=1S/C17H31N3O/c1-14(15-5-4-7-18-12-15)11-17(21)20-10-9-19-8-3-2-6-16(19)13-20/h14-16,18H,2-13H2,1H3.